The van der Waals surface area contributed by atoms with Gasteiger partial charge in [0.1, 0.15) is 5.75 Å². The Labute approximate surface area is 128 Å². The molecule has 1 N–H and O–H groups in total. The topological polar surface area (TPSA) is 21.3 Å². The van der Waals surface area contributed by atoms with Gasteiger partial charge in [-0.1, -0.05) is 18.2 Å². The van der Waals surface area contributed by atoms with Gasteiger partial charge in [0.15, 0.2) is 0 Å². The van der Waals surface area contributed by atoms with Crippen LogP contribution in [0.3, 0.4) is 0 Å². The molecule has 5 rings (SSSR count). The van der Waals surface area contributed by atoms with E-state index < -0.39 is 0 Å². The largest absolute Gasteiger partial charge is 0.494 e. The third kappa shape index (κ3) is 2.59. The molecule has 2 nitrogen and oxygen atoms in total. The van der Waals surface area contributed by atoms with Crippen molar-refractivity contribution < 1.29 is 4.74 Å². The highest BCUT2D eigenvalue weighted by Crippen LogP contribution is 2.55. The van der Waals surface area contributed by atoms with E-state index in [4.69, 9.17) is 4.74 Å². The second kappa shape index (κ2) is 5.31. The Morgan fingerprint density at radius 1 is 1.05 bits per heavy atom. The minimum absolute atomic E-state index is 0.439. The molecule has 21 heavy (non-hydrogen) atoms. The number of hydrogen-bond acceptors (Lipinski definition) is 2. The standard InChI is InChI=1S/C19H27NO/c1-2-21-18-6-4-3-5-17(18)13-20-19-10-14-7-15(11-19)9-16(8-14)12-19/h3-6,14-16,20H,2,7-13H2,1H3. The van der Waals surface area contributed by atoms with Gasteiger partial charge in [0.2, 0.25) is 0 Å². The third-order valence-corrected chi connectivity index (χ3v) is 5.96. The Kier molecular flexibility index (Phi) is 3.45. The highest BCUT2D eigenvalue weighted by Gasteiger charge is 2.50. The van der Waals surface area contributed by atoms with E-state index in [1.165, 1.54) is 44.1 Å². The van der Waals surface area contributed by atoms with Crippen molar-refractivity contribution >= 4 is 0 Å². The summed E-state index contributed by atoms with van der Waals surface area (Å²) in [5.74, 6) is 4.07. The third-order valence-electron chi connectivity index (χ3n) is 5.96. The molecule has 0 radical (unpaired) electrons. The van der Waals surface area contributed by atoms with E-state index >= 15 is 0 Å². The first kappa shape index (κ1) is 13.6. The molecule has 0 saturated heterocycles. The molecule has 4 bridgehead atoms. The quantitative estimate of drug-likeness (QED) is 0.877. The average Bonchev–Trinajstić information content (AvgIpc) is 2.45. The average molecular weight is 285 g/mol. The Hall–Kier alpha value is -1.02. The molecule has 4 aliphatic rings. The van der Waals surface area contributed by atoms with Crippen molar-refractivity contribution in [2.45, 2.75) is 57.5 Å². The molecule has 0 spiro atoms. The highest BCUT2D eigenvalue weighted by molar-refractivity contribution is 5.33. The summed E-state index contributed by atoms with van der Waals surface area (Å²) in [4.78, 5) is 0. The van der Waals surface area contributed by atoms with Crippen LogP contribution < -0.4 is 10.1 Å². The fraction of sp³-hybridized carbons (Fsp3) is 0.684. The number of para-hydroxylation sites is 1. The summed E-state index contributed by atoms with van der Waals surface area (Å²) < 4.78 is 5.77. The van der Waals surface area contributed by atoms with E-state index in [1.54, 1.807) is 0 Å². The monoisotopic (exact) mass is 285 g/mol. The Bertz CT molecular complexity index is 475. The summed E-state index contributed by atoms with van der Waals surface area (Å²) in [6, 6.07) is 8.50. The van der Waals surface area contributed by atoms with Crippen molar-refractivity contribution in [3.8, 4) is 5.75 Å². The van der Waals surface area contributed by atoms with E-state index in [2.05, 4.69) is 36.5 Å². The lowest BCUT2D eigenvalue weighted by atomic mass is 9.53. The maximum Gasteiger partial charge on any atom is 0.123 e. The Morgan fingerprint density at radius 2 is 1.67 bits per heavy atom. The molecule has 0 atom stereocenters. The molecule has 1 aromatic carbocycles. The molecule has 2 heteroatoms. The number of rotatable bonds is 5. The fourth-order valence-corrected chi connectivity index (χ4v) is 5.56. The normalized spacial score (nSPS) is 36.9. The molecular formula is C19H27NO. The van der Waals surface area contributed by atoms with Crippen LogP contribution in [0.4, 0.5) is 0 Å². The van der Waals surface area contributed by atoms with Crippen LogP contribution in [0, 0.1) is 17.8 Å². The van der Waals surface area contributed by atoms with Crippen molar-refractivity contribution in [3.63, 3.8) is 0 Å². The smallest absolute Gasteiger partial charge is 0.123 e. The van der Waals surface area contributed by atoms with Crippen LogP contribution in [0.1, 0.15) is 51.0 Å². The number of ether oxygens (including phenoxy) is 1. The number of hydrogen-bond donors (Lipinski definition) is 1. The molecule has 0 aliphatic heterocycles. The summed E-state index contributed by atoms with van der Waals surface area (Å²) >= 11 is 0. The fourth-order valence-electron chi connectivity index (χ4n) is 5.56. The Morgan fingerprint density at radius 3 is 2.29 bits per heavy atom. The Balaban J connectivity index is 1.47. The van der Waals surface area contributed by atoms with Gasteiger partial charge in [0.05, 0.1) is 6.61 Å². The van der Waals surface area contributed by atoms with Gasteiger partial charge in [-0.3, -0.25) is 0 Å². The number of nitrogens with one attached hydrogen (secondary N) is 1. The first-order valence-electron chi connectivity index (χ1n) is 8.72. The van der Waals surface area contributed by atoms with Crippen molar-refractivity contribution in [1.82, 2.24) is 5.32 Å². The van der Waals surface area contributed by atoms with Gasteiger partial charge in [-0.2, -0.15) is 0 Å². The van der Waals surface area contributed by atoms with Crippen molar-refractivity contribution in [3.05, 3.63) is 29.8 Å². The lowest BCUT2D eigenvalue weighted by molar-refractivity contribution is -0.0206. The van der Waals surface area contributed by atoms with E-state index in [0.29, 0.717) is 5.54 Å². The number of benzene rings is 1. The van der Waals surface area contributed by atoms with Gasteiger partial charge in [0, 0.05) is 17.6 Å². The zero-order valence-corrected chi connectivity index (χ0v) is 13.1. The second-order valence-electron chi connectivity index (χ2n) is 7.59. The summed E-state index contributed by atoms with van der Waals surface area (Å²) in [7, 11) is 0. The van der Waals surface area contributed by atoms with Crippen LogP contribution in [0.5, 0.6) is 5.75 Å². The SMILES string of the molecule is CCOc1ccccc1CNC12CC3CC(CC(C3)C1)C2. The second-order valence-corrected chi connectivity index (χ2v) is 7.59. The van der Waals surface area contributed by atoms with Crippen LogP contribution in [0.25, 0.3) is 0 Å². The lowest BCUT2D eigenvalue weighted by Crippen LogP contribution is -2.58. The van der Waals surface area contributed by atoms with Gasteiger partial charge in [0.25, 0.3) is 0 Å². The summed E-state index contributed by atoms with van der Waals surface area (Å²) in [6.45, 7) is 3.76. The van der Waals surface area contributed by atoms with Gasteiger partial charge in [-0.15, -0.1) is 0 Å². The molecule has 1 aromatic rings. The maximum absolute atomic E-state index is 5.77. The van der Waals surface area contributed by atoms with E-state index in [9.17, 15) is 0 Å². The predicted molar refractivity (Wildman–Crippen MR) is 85.4 cm³/mol. The van der Waals surface area contributed by atoms with E-state index in [0.717, 1.165) is 36.7 Å². The molecule has 4 aliphatic carbocycles. The maximum atomic E-state index is 5.77. The predicted octanol–water partition coefficient (Wildman–Crippen LogP) is 4.14. The summed E-state index contributed by atoms with van der Waals surface area (Å²) in [5, 5.41) is 3.96. The van der Waals surface area contributed by atoms with Crippen LogP contribution >= 0.6 is 0 Å². The highest BCUT2D eigenvalue weighted by atomic mass is 16.5. The van der Waals surface area contributed by atoms with Crippen molar-refractivity contribution in [2.24, 2.45) is 17.8 Å². The first-order valence-corrected chi connectivity index (χ1v) is 8.72. The molecule has 0 heterocycles. The van der Waals surface area contributed by atoms with E-state index in [1.807, 2.05) is 0 Å². The zero-order chi connectivity index (χ0) is 14.3. The molecule has 0 unspecified atom stereocenters. The molecular weight excluding hydrogens is 258 g/mol. The van der Waals surface area contributed by atoms with Crippen LogP contribution in [0.15, 0.2) is 24.3 Å². The molecule has 0 amide bonds. The molecule has 4 fully saturated rings. The molecule has 4 saturated carbocycles. The van der Waals surface area contributed by atoms with Gasteiger partial charge < -0.3 is 10.1 Å². The summed E-state index contributed by atoms with van der Waals surface area (Å²) in [5.41, 5.74) is 1.75. The minimum Gasteiger partial charge on any atom is -0.494 e. The molecule has 0 aromatic heterocycles. The minimum atomic E-state index is 0.439. The van der Waals surface area contributed by atoms with E-state index in [-0.39, 0.29) is 0 Å². The van der Waals surface area contributed by atoms with Gasteiger partial charge in [-0.05, 0) is 69.3 Å². The van der Waals surface area contributed by atoms with Crippen LogP contribution in [0.2, 0.25) is 0 Å². The zero-order valence-electron chi connectivity index (χ0n) is 13.1. The summed E-state index contributed by atoms with van der Waals surface area (Å²) in [6.07, 6.45) is 8.77. The lowest BCUT2D eigenvalue weighted by Gasteiger charge is -2.57. The van der Waals surface area contributed by atoms with Crippen LogP contribution in [-0.4, -0.2) is 12.1 Å². The van der Waals surface area contributed by atoms with Crippen molar-refractivity contribution in [2.75, 3.05) is 6.61 Å². The van der Waals surface area contributed by atoms with Gasteiger partial charge in [-0.25, -0.2) is 0 Å². The van der Waals surface area contributed by atoms with Crippen molar-refractivity contribution in [1.29, 1.82) is 0 Å². The van der Waals surface area contributed by atoms with Gasteiger partial charge >= 0.3 is 0 Å². The first-order chi connectivity index (χ1) is 10.3. The molecule has 114 valence electrons. The van der Waals surface area contributed by atoms with Crippen LogP contribution in [-0.2, 0) is 6.54 Å².